The zero-order chi connectivity index (χ0) is 24.7. The second kappa shape index (κ2) is 8.63. The van der Waals surface area contributed by atoms with Gasteiger partial charge in [0.05, 0.1) is 11.5 Å². The van der Waals surface area contributed by atoms with Crippen LogP contribution in [0.5, 0.6) is 5.75 Å². The van der Waals surface area contributed by atoms with Gasteiger partial charge in [-0.05, 0) is 31.0 Å². The Balaban J connectivity index is 1.46. The lowest BCUT2D eigenvalue weighted by Gasteiger charge is -2.23. The van der Waals surface area contributed by atoms with E-state index < -0.39 is 21.9 Å². The molecule has 5 heterocycles. The first-order valence-corrected chi connectivity index (χ1v) is 12.6. The molecule has 0 radical (unpaired) electrons. The third kappa shape index (κ3) is 5.45. The smallest absolute Gasteiger partial charge is 0.406 e. The fourth-order valence-corrected chi connectivity index (χ4v) is 6.73. The van der Waals surface area contributed by atoms with Crippen LogP contribution < -0.4 is 15.0 Å². The van der Waals surface area contributed by atoms with Crippen LogP contribution in [0, 0.1) is 5.41 Å². The van der Waals surface area contributed by atoms with Gasteiger partial charge < -0.3 is 15.0 Å². The van der Waals surface area contributed by atoms with Crippen LogP contribution >= 0.6 is 0 Å². The van der Waals surface area contributed by atoms with Crippen molar-refractivity contribution in [3.8, 4) is 17.1 Å². The molecule has 1 N–H and O–H groups in total. The lowest BCUT2D eigenvalue weighted by molar-refractivity contribution is -0.274. The third-order valence-electron chi connectivity index (χ3n) is 6.09. The normalized spacial score (nSPS) is 21.4. The highest BCUT2D eigenvalue weighted by Crippen LogP contribution is 2.42. The molecule has 13 heteroatoms. The summed E-state index contributed by atoms with van der Waals surface area (Å²) in [4.78, 5) is 19.4. The van der Waals surface area contributed by atoms with Crippen LogP contribution in [0.2, 0.25) is 0 Å². The summed E-state index contributed by atoms with van der Waals surface area (Å²) in [6.07, 6.45) is 0.945. The molecule has 2 saturated heterocycles. The number of hydrogen-bond acceptors (Lipinski definition) is 9. The summed E-state index contributed by atoms with van der Waals surface area (Å²) in [5, 5.41) is 2.93. The average molecular weight is 507 g/mol. The first kappa shape index (κ1) is 23.3. The number of halogens is 3. The van der Waals surface area contributed by atoms with E-state index in [-0.39, 0.29) is 22.7 Å². The zero-order valence-electron chi connectivity index (χ0n) is 18.4. The maximum absolute atomic E-state index is 12.6. The van der Waals surface area contributed by atoms with Gasteiger partial charge in [-0.25, -0.2) is 23.4 Å². The van der Waals surface area contributed by atoms with Gasteiger partial charge in [-0.2, -0.15) is 0 Å². The van der Waals surface area contributed by atoms with Gasteiger partial charge in [0.25, 0.3) is 0 Å². The number of pyridine rings is 2. The molecule has 0 aliphatic carbocycles. The number of ether oxygens (including phenoxy) is 1. The monoisotopic (exact) mass is 506 g/mol. The highest BCUT2D eigenvalue weighted by atomic mass is 32.2. The Kier molecular flexibility index (Phi) is 5.74. The minimum atomic E-state index is -4.83. The number of anilines is 3. The van der Waals surface area contributed by atoms with E-state index in [2.05, 4.69) is 30.0 Å². The van der Waals surface area contributed by atoms with E-state index in [0.717, 1.165) is 18.6 Å². The van der Waals surface area contributed by atoms with Crippen LogP contribution in [0.1, 0.15) is 12.8 Å². The largest absolute Gasteiger partial charge is 0.573 e. The molecule has 0 amide bonds. The standard InChI is InChI=1S/C22H21F3N6O3S/c23-22(24,25)34-16-3-7-27-17(10-16)28-18-11-19(30-20(29-18)15-2-1-6-26-12-15)31-8-4-21(13-31)5-9-35(32,33)14-21/h1-3,6-7,10-12H,4-5,8-9,13-14H2,(H,27,28,29,30). The van der Waals surface area contributed by atoms with E-state index in [9.17, 15) is 21.6 Å². The van der Waals surface area contributed by atoms with Crippen LogP contribution in [-0.2, 0) is 9.84 Å². The van der Waals surface area contributed by atoms with E-state index in [1.807, 2.05) is 4.90 Å². The molecule has 3 aromatic heterocycles. The van der Waals surface area contributed by atoms with Gasteiger partial charge in [-0.3, -0.25) is 4.98 Å². The van der Waals surface area contributed by atoms with Crippen molar-refractivity contribution in [2.75, 3.05) is 34.8 Å². The molecule has 2 aliphatic rings. The maximum atomic E-state index is 12.6. The van der Waals surface area contributed by atoms with E-state index in [4.69, 9.17) is 0 Å². The van der Waals surface area contributed by atoms with E-state index in [1.54, 1.807) is 30.6 Å². The third-order valence-corrected chi connectivity index (χ3v) is 7.96. The Morgan fingerprint density at radius 3 is 2.66 bits per heavy atom. The predicted octanol–water partition coefficient (Wildman–Crippen LogP) is 3.59. The van der Waals surface area contributed by atoms with Gasteiger partial charge in [-0.15, -0.1) is 13.2 Å². The lowest BCUT2D eigenvalue weighted by atomic mass is 9.87. The molecule has 1 atom stereocenters. The fourth-order valence-electron chi connectivity index (χ4n) is 4.53. The average Bonchev–Trinajstić information content (AvgIpc) is 3.35. The molecule has 9 nitrogen and oxygen atoms in total. The SMILES string of the molecule is O=S1(=O)CCC2(CCN(c3cc(Nc4cc(OC(F)(F)F)ccn4)nc(-c4cccnc4)n3)C2)C1. The number of sulfone groups is 1. The van der Waals surface area contributed by atoms with Crippen molar-refractivity contribution in [3.05, 3.63) is 48.9 Å². The molecule has 2 fully saturated rings. The van der Waals surface area contributed by atoms with Crippen molar-refractivity contribution < 1.29 is 26.3 Å². The number of alkyl halides is 3. The molecule has 3 aromatic rings. The fraction of sp³-hybridized carbons (Fsp3) is 0.364. The maximum Gasteiger partial charge on any atom is 0.573 e. The molecular weight excluding hydrogens is 485 g/mol. The quantitative estimate of drug-likeness (QED) is 0.555. The zero-order valence-corrected chi connectivity index (χ0v) is 19.2. The van der Waals surface area contributed by atoms with Crippen LogP contribution in [0.15, 0.2) is 48.9 Å². The molecule has 35 heavy (non-hydrogen) atoms. The Bertz CT molecular complexity index is 1340. The topological polar surface area (TPSA) is 110 Å². The molecule has 1 spiro atoms. The van der Waals surface area contributed by atoms with Crippen molar-refractivity contribution in [3.63, 3.8) is 0 Å². The van der Waals surface area contributed by atoms with Gasteiger partial charge in [0.2, 0.25) is 0 Å². The summed E-state index contributed by atoms with van der Waals surface area (Å²) < 4.78 is 66.0. The highest BCUT2D eigenvalue weighted by molar-refractivity contribution is 7.91. The summed E-state index contributed by atoms with van der Waals surface area (Å²) >= 11 is 0. The predicted molar refractivity (Wildman–Crippen MR) is 122 cm³/mol. The van der Waals surface area contributed by atoms with Crippen LogP contribution in [-0.4, -0.2) is 59.3 Å². The molecule has 2 aliphatic heterocycles. The molecule has 5 rings (SSSR count). The minimum absolute atomic E-state index is 0.105. The van der Waals surface area contributed by atoms with Gasteiger partial charge in [-0.1, -0.05) is 0 Å². The summed E-state index contributed by atoms with van der Waals surface area (Å²) in [5.41, 5.74) is 0.355. The summed E-state index contributed by atoms with van der Waals surface area (Å²) in [6, 6.07) is 7.42. The number of nitrogens with zero attached hydrogens (tertiary/aromatic N) is 5. The Labute approximate surface area is 199 Å². The highest BCUT2D eigenvalue weighted by Gasteiger charge is 2.47. The second-order valence-electron chi connectivity index (χ2n) is 8.74. The van der Waals surface area contributed by atoms with Crippen molar-refractivity contribution in [1.29, 1.82) is 0 Å². The molecular formula is C22H21F3N6O3S. The van der Waals surface area contributed by atoms with Crippen LogP contribution in [0.3, 0.4) is 0 Å². The van der Waals surface area contributed by atoms with Gasteiger partial charge in [0.15, 0.2) is 15.7 Å². The van der Waals surface area contributed by atoms with Crippen molar-refractivity contribution >= 4 is 27.3 Å². The Hall–Kier alpha value is -3.48. The van der Waals surface area contributed by atoms with Crippen molar-refractivity contribution in [1.82, 2.24) is 19.9 Å². The second-order valence-corrected chi connectivity index (χ2v) is 10.9. The molecule has 1 unspecified atom stereocenters. The van der Waals surface area contributed by atoms with E-state index in [1.165, 1.54) is 6.20 Å². The number of hydrogen-bond donors (Lipinski definition) is 1. The first-order valence-electron chi connectivity index (χ1n) is 10.8. The van der Waals surface area contributed by atoms with E-state index >= 15 is 0 Å². The molecule has 0 bridgehead atoms. The summed E-state index contributed by atoms with van der Waals surface area (Å²) in [5.74, 6) is 1.30. The molecule has 0 aromatic carbocycles. The van der Waals surface area contributed by atoms with Gasteiger partial charge >= 0.3 is 6.36 Å². The van der Waals surface area contributed by atoms with Crippen molar-refractivity contribution in [2.45, 2.75) is 19.2 Å². The number of nitrogens with one attached hydrogen (secondary N) is 1. The summed E-state index contributed by atoms with van der Waals surface area (Å²) in [6.45, 7) is 1.17. The van der Waals surface area contributed by atoms with Crippen molar-refractivity contribution in [2.24, 2.45) is 5.41 Å². The van der Waals surface area contributed by atoms with Crippen LogP contribution in [0.4, 0.5) is 30.6 Å². The minimum Gasteiger partial charge on any atom is -0.406 e. The summed E-state index contributed by atoms with van der Waals surface area (Å²) in [7, 11) is -3.04. The number of rotatable bonds is 5. The number of aromatic nitrogens is 4. The van der Waals surface area contributed by atoms with E-state index in [0.29, 0.717) is 42.5 Å². The lowest BCUT2D eigenvalue weighted by Crippen LogP contribution is -2.28. The molecule has 184 valence electrons. The van der Waals surface area contributed by atoms with Gasteiger partial charge in [0.1, 0.15) is 23.2 Å². The Morgan fingerprint density at radius 2 is 1.94 bits per heavy atom. The molecule has 0 saturated carbocycles. The first-order chi connectivity index (χ1) is 16.6. The van der Waals surface area contributed by atoms with Gasteiger partial charge in [0, 0.05) is 54.8 Å². The van der Waals surface area contributed by atoms with Crippen LogP contribution in [0.25, 0.3) is 11.4 Å². The Morgan fingerprint density at radius 1 is 1.09 bits per heavy atom.